The van der Waals surface area contributed by atoms with Crippen LogP contribution in [0, 0.1) is 11.6 Å². The monoisotopic (exact) mass is 358 g/mol. The topological polar surface area (TPSA) is 41.6 Å². The predicted octanol–water partition coefficient (Wildman–Crippen LogP) is 4.06. The number of anilines is 1. The van der Waals surface area contributed by atoms with E-state index in [2.05, 4.69) is 5.32 Å². The zero-order valence-corrected chi connectivity index (χ0v) is 14.3. The highest BCUT2D eigenvalue weighted by molar-refractivity contribution is 5.68. The minimum Gasteiger partial charge on any atom is -0.445 e. The lowest BCUT2D eigenvalue weighted by atomic mass is 9.74. The summed E-state index contributed by atoms with van der Waals surface area (Å²) in [7, 11) is 0. The lowest BCUT2D eigenvalue weighted by Gasteiger charge is -2.38. The van der Waals surface area contributed by atoms with Crippen LogP contribution < -0.4 is 5.32 Å². The second kappa shape index (κ2) is 6.59. The molecule has 136 valence electrons. The van der Waals surface area contributed by atoms with Gasteiger partial charge in [0.15, 0.2) is 0 Å². The summed E-state index contributed by atoms with van der Waals surface area (Å²) in [5.41, 5.74) is 1.17. The maximum absolute atomic E-state index is 14.4. The molecule has 6 heteroatoms. The third kappa shape index (κ3) is 2.89. The molecule has 26 heavy (non-hydrogen) atoms. The van der Waals surface area contributed by atoms with E-state index in [0.29, 0.717) is 38.0 Å². The Kier molecular flexibility index (Phi) is 4.26. The lowest BCUT2D eigenvalue weighted by molar-refractivity contribution is 0.0790. The fourth-order valence-corrected chi connectivity index (χ4v) is 3.94. The zero-order valence-electron chi connectivity index (χ0n) is 14.3. The van der Waals surface area contributed by atoms with Gasteiger partial charge in [0.25, 0.3) is 0 Å². The summed E-state index contributed by atoms with van der Waals surface area (Å²) in [6, 6.07) is 11.8. The molecule has 0 radical (unpaired) electrons. The molecule has 2 aromatic rings. The van der Waals surface area contributed by atoms with Gasteiger partial charge >= 0.3 is 6.09 Å². The van der Waals surface area contributed by atoms with Crippen molar-refractivity contribution in [3.05, 3.63) is 65.2 Å². The van der Waals surface area contributed by atoms with Crippen LogP contribution in [0.15, 0.2) is 42.5 Å². The van der Waals surface area contributed by atoms with Crippen LogP contribution in [-0.2, 0) is 16.8 Å². The van der Waals surface area contributed by atoms with Gasteiger partial charge < -0.3 is 15.0 Å². The minimum atomic E-state index is -0.461. The van der Waals surface area contributed by atoms with Gasteiger partial charge in [-0.25, -0.2) is 13.6 Å². The first-order valence-electron chi connectivity index (χ1n) is 8.77. The van der Waals surface area contributed by atoms with Crippen molar-refractivity contribution in [2.75, 3.05) is 25.0 Å². The van der Waals surface area contributed by atoms with Gasteiger partial charge in [-0.1, -0.05) is 30.3 Å². The maximum Gasteiger partial charge on any atom is 0.410 e. The van der Waals surface area contributed by atoms with E-state index in [9.17, 15) is 13.6 Å². The Morgan fingerprint density at radius 3 is 2.50 bits per heavy atom. The van der Waals surface area contributed by atoms with Crippen LogP contribution in [0.2, 0.25) is 0 Å². The molecule has 4 nitrogen and oxygen atoms in total. The molecule has 1 amide bonds. The van der Waals surface area contributed by atoms with Crippen LogP contribution in [0.25, 0.3) is 0 Å². The summed E-state index contributed by atoms with van der Waals surface area (Å²) in [5, 5.41) is 3.01. The van der Waals surface area contributed by atoms with Gasteiger partial charge in [-0.3, -0.25) is 0 Å². The number of piperidine rings is 1. The Morgan fingerprint density at radius 2 is 1.77 bits per heavy atom. The van der Waals surface area contributed by atoms with Crippen LogP contribution in [-0.4, -0.2) is 30.6 Å². The molecule has 0 aromatic heterocycles. The molecule has 1 N–H and O–H groups in total. The number of hydrogen-bond donors (Lipinski definition) is 1. The summed E-state index contributed by atoms with van der Waals surface area (Å²) >= 11 is 0. The quantitative estimate of drug-likeness (QED) is 0.880. The Labute approximate surface area is 150 Å². The fourth-order valence-electron chi connectivity index (χ4n) is 3.94. The normalized spacial score (nSPS) is 17.7. The minimum absolute atomic E-state index is 0.228. The van der Waals surface area contributed by atoms with E-state index in [4.69, 9.17) is 4.74 Å². The van der Waals surface area contributed by atoms with E-state index in [-0.39, 0.29) is 24.2 Å². The van der Waals surface area contributed by atoms with Gasteiger partial charge in [0.1, 0.15) is 18.2 Å². The summed E-state index contributed by atoms with van der Waals surface area (Å²) in [5.74, 6) is -0.811. The molecule has 2 aromatic carbocycles. The van der Waals surface area contributed by atoms with Crippen molar-refractivity contribution in [3.63, 3.8) is 0 Å². The average Bonchev–Trinajstić information content (AvgIpc) is 3.04. The number of ether oxygens (including phenoxy) is 1. The third-order valence-corrected chi connectivity index (χ3v) is 5.42. The highest BCUT2D eigenvalue weighted by Gasteiger charge is 2.45. The molecule has 1 saturated heterocycles. The molecule has 0 bridgehead atoms. The molecular formula is C20H20F2N2O2. The van der Waals surface area contributed by atoms with E-state index in [1.807, 2.05) is 30.3 Å². The number of benzene rings is 2. The first kappa shape index (κ1) is 16.8. The second-order valence-corrected chi connectivity index (χ2v) is 6.94. The predicted molar refractivity (Wildman–Crippen MR) is 94.0 cm³/mol. The van der Waals surface area contributed by atoms with E-state index >= 15 is 0 Å². The molecule has 2 aliphatic heterocycles. The highest BCUT2D eigenvalue weighted by Crippen LogP contribution is 2.46. The van der Waals surface area contributed by atoms with E-state index in [0.717, 1.165) is 11.6 Å². The van der Waals surface area contributed by atoms with Crippen LogP contribution in [0.3, 0.4) is 0 Å². The SMILES string of the molecule is O=C(OCc1ccccc1)N1CCC2(CC1)CNc1c(F)ccc(F)c12. The Morgan fingerprint density at radius 1 is 1.08 bits per heavy atom. The molecule has 4 rings (SSSR count). The van der Waals surface area contributed by atoms with Crippen LogP contribution in [0.4, 0.5) is 19.3 Å². The van der Waals surface area contributed by atoms with Gasteiger partial charge in [0.05, 0.1) is 5.69 Å². The number of likely N-dealkylation sites (tertiary alicyclic amines) is 1. The van der Waals surface area contributed by atoms with Crippen LogP contribution in [0.5, 0.6) is 0 Å². The number of amides is 1. The standard InChI is InChI=1S/C20H20F2N2O2/c21-15-6-7-16(22)18-17(15)20(13-23-18)8-10-24(11-9-20)19(25)26-12-14-4-2-1-3-5-14/h1-7,23H,8-13H2. The highest BCUT2D eigenvalue weighted by atomic mass is 19.1. The third-order valence-electron chi connectivity index (χ3n) is 5.42. The van der Waals surface area contributed by atoms with Gasteiger partial charge in [0, 0.05) is 30.6 Å². The largest absolute Gasteiger partial charge is 0.445 e. The van der Waals surface area contributed by atoms with Crippen molar-refractivity contribution in [2.45, 2.75) is 24.9 Å². The molecule has 2 aliphatic rings. The van der Waals surface area contributed by atoms with Crippen LogP contribution >= 0.6 is 0 Å². The molecule has 1 spiro atoms. The number of fused-ring (bicyclic) bond motifs is 2. The average molecular weight is 358 g/mol. The fraction of sp³-hybridized carbons (Fsp3) is 0.350. The van der Waals surface area contributed by atoms with Crippen molar-refractivity contribution >= 4 is 11.8 Å². The number of rotatable bonds is 2. The summed E-state index contributed by atoms with van der Waals surface area (Å²) in [4.78, 5) is 13.9. The van der Waals surface area contributed by atoms with Crippen molar-refractivity contribution in [2.24, 2.45) is 0 Å². The van der Waals surface area contributed by atoms with Crippen LogP contribution in [0.1, 0.15) is 24.0 Å². The number of carbonyl (C=O) groups is 1. The van der Waals surface area contributed by atoms with Gasteiger partial charge in [-0.2, -0.15) is 0 Å². The zero-order chi connectivity index (χ0) is 18.1. The van der Waals surface area contributed by atoms with Crippen molar-refractivity contribution in [1.82, 2.24) is 4.90 Å². The maximum atomic E-state index is 14.4. The Bertz CT molecular complexity index is 818. The molecule has 0 saturated carbocycles. The molecule has 1 fully saturated rings. The first-order chi connectivity index (χ1) is 12.6. The Hall–Kier alpha value is -2.63. The number of halogens is 2. The molecule has 2 heterocycles. The first-order valence-corrected chi connectivity index (χ1v) is 8.77. The molecular weight excluding hydrogens is 338 g/mol. The molecule has 0 aliphatic carbocycles. The lowest BCUT2D eigenvalue weighted by Crippen LogP contribution is -2.46. The number of nitrogens with one attached hydrogen (secondary N) is 1. The van der Waals surface area contributed by atoms with Crippen molar-refractivity contribution < 1.29 is 18.3 Å². The molecule has 0 atom stereocenters. The van der Waals surface area contributed by atoms with E-state index in [1.54, 1.807) is 4.90 Å². The number of hydrogen-bond acceptors (Lipinski definition) is 3. The smallest absolute Gasteiger partial charge is 0.410 e. The summed E-state index contributed by atoms with van der Waals surface area (Å²) < 4.78 is 33.7. The summed E-state index contributed by atoms with van der Waals surface area (Å²) in [6.45, 7) is 1.65. The number of nitrogens with zero attached hydrogens (tertiary/aromatic N) is 1. The van der Waals surface area contributed by atoms with Crippen molar-refractivity contribution in [3.8, 4) is 0 Å². The van der Waals surface area contributed by atoms with Crippen molar-refractivity contribution in [1.29, 1.82) is 0 Å². The number of carbonyl (C=O) groups excluding carboxylic acids is 1. The Balaban J connectivity index is 1.41. The van der Waals surface area contributed by atoms with E-state index in [1.165, 1.54) is 6.07 Å². The second-order valence-electron chi connectivity index (χ2n) is 6.94. The van der Waals surface area contributed by atoms with Gasteiger partial charge in [-0.05, 0) is 30.5 Å². The summed E-state index contributed by atoms with van der Waals surface area (Å²) in [6.07, 6.45) is 0.788. The molecule has 0 unspecified atom stereocenters. The van der Waals surface area contributed by atoms with E-state index < -0.39 is 11.2 Å². The van der Waals surface area contributed by atoms with Gasteiger partial charge in [-0.15, -0.1) is 0 Å². The van der Waals surface area contributed by atoms with Gasteiger partial charge in [0.2, 0.25) is 0 Å².